The highest BCUT2D eigenvalue weighted by atomic mass is 16.7. The molecule has 4 amide bonds. The number of hydrogen-bond acceptors (Lipinski definition) is 17. The van der Waals surface area contributed by atoms with Crippen LogP contribution in [0.4, 0.5) is 0 Å². The summed E-state index contributed by atoms with van der Waals surface area (Å²) in [5, 5.41) is 66.1. The molecule has 53 heavy (non-hydrogen) atoms. The lowest BCUT2D eigenvalue weighted by molar-refractivity contribution is -0.292. The second-order valence-corrected chi connectivity index (χ2v) is 13.8. The van der Waals surface area contributed by atoms with E-state index in [0.717, 1.165) is 0 Å². The van der Waals surface area contributed by atoms with E-state index in [1.165, 1.54) is 13.8 Å². The van der Waals surface area contributed by atoms with Crippen molar-refractivity contribution in [2.75, 3.05) is 45.9 Å². The van der Waals surface area contributed by atoms with Gasteiger partial charge >= 0.3 is 5.97 Å². The molecule has 0 saturated carbocycles. The van der Waals surface area contributed by atoms with Crippen LogP contribution in [0.15, 0.2) is 0 Å². The van der Waals surface area contributed by atoms with Crippen molar-refractivity contribution in [3.8, 4) is 0 Å². The molecule has 20 nitrogen and oxygen atoms in total. The third-order valence-corrected chi connectivity index (χ3v) is 9.91. The quantitative estimate of drug-likeness (QED) is 0.0518. The maximum Gasteiger partial charge on any atom is 0.333 e. The van der Waals surface area contributed by atoms with Gasteiger partial charge in [-0.2, -0.15) is 0 Å². The Hall–Kier alpha value is -2.89. The molecule has 4 rings (SSSR count). The number of carbonyl (C=O) groups is 5. The highest BCUT2D eigenvalue weighted by molar-refractivity contribution is 6.01. The zero-order valence-corrected chi connectivity index (χ0v) is 30.0. The molecule has 0 spiro atoms. The topological polar surface area (TPSA) is 283 Å². The number of rotatable bonds is 17. The second-order valence-electron chi connectivity index (χ2n) is 13.8. The number of nitrogens with one attached hydrogen (secondary N) is 2. The van der Waals surface area contributed by atoms with Crippen molar-refractivity contribution in [3.05, 3.63) is 0 Å². The summed E-state index contributed by atoms with van der Waals surface area (Å²) in [5.41, 5.74) is 0. The molecule has 0 aromatic carbocycles. The summed E-state index contributed by atoms with van der Waals surface area (Å²) in [6.45, 7) is 4.16. The van der Waals surface area contributed by atoms with E-state index in [9.17, 15) is 54.6 Å². The number of imide groups is 1. The number of hydroxylamine groups is 2. The van der Waals surface area contributed by atoms with Gasteiger partial charge in [0.2, 0.25) is 11.8 Å². The number of aliphatic hydroxyl groups is 6. The minimum atomic E-state index is -1.50. The van der Waals surface area contributed by atoms with Crippen LogP contribution in [-0.2, 0) is 47.8 Å². The zero-order chi connectivity index (χ0) is 38.8. The molecule has 4 heterocycles. The predicted octanol–water partition coefficient (Wildman–Crippen LogP) is -3.99. The van der Waals surface area contributed by atoms with Crippen LogP contribution >= 0.6 is 0 Å². The van der Waals surface area contributed by atoms with Gasteiger partial charge in [-0.25, -0.2) is 4.79 Å². The Balaban J connectivity index is 1.24. The average molecular weight is 763 g/mol. The third-order valence-electron chi connectivity index (χ3n) is 9.91. The standard InChI is InChI=1S/C33H54N4O16/c1-17-24(41)26(43)28(45)32(51-17)49-14-10-34-30(47)19-9-13-36(12-5-3-4-6-23(40)53-37-21(38)7-8-22(37)39)16-20(19)31(48)35-11-15-50-33-29(46)27(44)25(42)18(2)52-33/h17-20,24-29,32-33,41-46H,3-16H2,1-2H3,(H,34,47)(H,35,48)/t17-,18-,19+,20-,24+,25+,26+,27+,28-,29-,32+,33+/m0/s1. The maximum absolute atomic E-state index is 13.5. The molecule has 12 atom stereocenters. The Morgan fingerprint density at radius 1 is 0.717 bits per heavy atom. The fourth-order valence-corrected chi connectivity index (χ4v) is 6.65. The minimum Gasteiger partial charge on any atom is -0.388 e. The Morgan fingerprint density at radius 2 is 1.23 bits per heavy atom. The predicted molar refractivity (Wildman–Crippen MR) is 176 cm³/mol. The Morgan fingerprint density at radius 3 is 1.75 bits per heavy atom. The number of piperidine rings is 1. The number of nitrogens with zero attached hydrogens (tertiary/aromatic N) is 2. The van der Waals surface area contributed by atoms with Crippen LogP contribution < -0.4 is 10.6 Å². The van der Waals surface area contributed by atoms with Crippen molar-refractivity contribution in [1.29, 1.82) is 0 Å². The SMILES string of the molecule is C[C@@H]1O[C@@H](OCCNC(=O)[C@H]2CN(CCCCCC(=O)ON3C(=O)CCC3=O)CC[C@H]2C(=O)NCCO[C@@H]2O[C@@H](C)[C@@H](O)[C@@H](O)[C@@H]2O)[C@@H](O)[C@H](O)[C@@H]1O. The van der Waals surface area contributed by atoms with Crippen molar-refractivity contribution in [2.45, 2.75) is 120 Å². The zero-order valence-electron chi connectivity index (χ0n) is 30.0. The van der Waals surface area contributed by atoms with Crippen molar-refractivity contribution in [3.63, 3.8) is 0 Å². The van der Waals surface area contributed by atoms with E-state index in [4.69, 9.17) is 23.8 Å². The van der Waals surface area contributed by atoms with E-state index in [1.807, 2.05) is 4.90 Å². The molecule has 4 fully saturated rings. The van der Waals surface area contributed by atoms with Crippen molar-refractivity contribution >= 4 is 29.6 Å². The minimum absolute atomic E-state index is 0.00599. The number of likely N-dealkylation sites (tertiary alicyclic amines) is 1. The average Bonchev–Trinajstić information content (AvgIpc) is 3.45. The fourth-order valence-electron chi connectivity index (χ4n) is 6.65. The first kappa shape index (κ1) is 42.8. The first-order valence-electron chi connectivity index (χ1n) is 18.2. The normalized spacial score (nSPS) is 35.3. The number of unbranched alkanes of at least 4 members (excludes halogenated alkanes) is 2. The largest absolute Gasteiger partial charge is 0.388 e. The fraction of sp³-hybridized carbons (Fsp3) is 0.848. The number of ether oxygens (including phenoxy) is 4. The summed E-state index contributed by atoms with van der Waals surface area (Å²) in [4.78, 5) is 69.2. The lowest BCUT2D eigenvalue weighted by Crippen LogP contribution is -2.57. The summed E-state index contributed by atoms with van der Waals surface area (Å²) in [6, 6.07) is 0. The molecule has 4 saturated heterocycles. The van der Waals surface area contributed by atoms with Gasteiger partial charge in [0.15, 0.2) is 12.6 Å². The van der Waals surface area contributed by atoms with Gasteiger partial charge in [0.1, 0.15) is 36.6 Å². The first-order chi connectivity index (χ1) is 25.2. The molecule has 4 aliphatic heterocycles. The lowest BCUT2D eigenvalue weighted by atomic mass is 9.83. The Kier molecular flexibility index (Phi) is 16.3. The van der Waals surface area contributed by atoms with E-state index in [2.05, 4.69) is 10.6 Å². The van der Waals surface area contributed by atoms with Crippen LogP contribution in [0.5, 0.6) is 0 Å². The molecule has 0 radical (unpaired) electrons. The molecule has 20 heteroatoms. The summed E-state index contributed by atoms with van der Waals surface area (Å²) in [5.74, 6) is -4.06. The molecule has 0 bridgehead atoms. The van der Waals surface area contributed by atoms with Crippen molar-refractivity contribution in [2.24, 2.45) is 11.8 Å². The van der Waals surface area contributed by atoms with Crippen LogP contribution in [0.2, 0.25) is 0 Å². The highest BCUT2D eigenvalue weighted by Gasteiger charge is 2.44. The van der Waals surface area contributed by atoms with Gasteiger partial charge in [0.25, 0.3) is 11.8 Å². The molecule has 4 aliphatic rings. The van der Waals surface area contributed by atoms with Crippen molar-refractivity contribution < 1.29 is 78.4 Å². The van der Waals surface area contributed by atoms with Crippen LogP contribution in [0.1, 0.15) is 58.8 Å². The van der Waals surface area contributed by atoms with Gasteiger partial charge in [-0.3, -0.25) is 19.2 Å². The van der Waals surface area contributed by atoms with E-state index in [1.54, 1.807) is 0 Å². The molecular weight excluding hydrogens is 708 g/mol. The van der Waals surface area contributed by atoms with E-state index in [0.29, 0.717) is 43.8 Å². The highest BCUT2D eigenvalue weighted by Crippen LogP contribution is 2.26. The first-order valence-corrected chi connectivity index (χ1v) is 18.2. The second kappa shape index (κ2) is 20.1. The Labute approximate surface area is 306 Å². The number of carbonyl (C=O) groups excluding carboxylic acids is 5. The van der Waals surface area contributed by atoms with Gasteiger partial charge < -0.3 is 70.0 Å². The van der Waals surface area contributed by atoms with Gasteiger partial charge in [-0.15, -0.1) is 5.06 Å². The van der Waals surface area contributed by atoms with Gasteiger partial charge in [-0.1, -0.05) is 6.42 Å². The molecule has 0 aliphatic carbocycles. The van der Waals surface area contributed by atoms with E-state index < -0.39 is 103 Å². The van der Waals surface area contributed by atoms with Gasteiger partial charge in [0.05, 0.1) is 37.3 Å². The summed E-state index contributed by atoms with van der Waals surface area (Å²) < 4.78 is 21.8. The molecule has 0 aromatic rings. The third kappa shape index (κ3) is 11.6. The van der Waals surface area contributed by atoms with E-state index in [-0.39, 0.29) is 52.1 Å². The summed E-state index contributed by atoms with van der Waals surface area (Å²) >= 11 is 0. The van der Waals surface area contributed by atoms with Crippen molar-refractivity contribution in [1.82, 2.24) is 20.6 Å². The molecule has 0 aromatic heterocycles. The van der Waals surface area contributed by atoms with Gasteiger partial charge in [-0.05, 0) is 46.2 Å². The summed E-state index contributed by atoms with van der Waals surface area (Å²) in [6.07, 6.45) is -10.4. The monoisotopic (exact) mass is 762 g/mol. The molecular formula is C33H54N4O16. The molecule has 0 unspecified atom stereocenters. The maximum atomic E-state index is 13.5. The van der Waals surface area contributed by atoms with Crippen LogP contribution in [-0.4, -0.2) is 178 Å². The van der Waals surface area contributed by atoms with Crippen LogP contribution in [0.3, 0.4) is 0 Å². The lowest BCUT2D eigenvalue weighted by Gasteiger charge is -2.39. The number of hydrogen-bond donors (Lipinski definition) is 8. The molecule has 8 N–H and O–H groups in total. The van der Waals surface area contributed by atoms with Crippen LogP contribution in [0.25, 0.3) is 0 Å². The van der Waals surface area contributed by atoms with E-state index >= 15 is 0 Å². The van der Waals surface area contributed by atoms with Crippen LogP contribution in [0, 0.1) is 11.8 Å². The smallest absolute Gasteiger partial charge is 0.333 e. The number of aliphatic hydroxyl groups excluding tert-OH is 6. The molecule has 302 valence electrons. The Bertz CT molecular complexity index is 1250. The number of amides is 4. The van der Waals surface area contributed by atoms with Gasteiger partial charge in [0, 0.05) is 38.9 Å². The summed E-state index contributed by atoms with van der Waals surface area (Å²) in [7, 11) is 0.